The van der Waals surface area contributed by atoms with Crippen LogP contribution >= 0.6 is 0 Å². The fourth-order valence-corrected chi connectivity index (χ4v) is 1.31. The Morgan fingerprint density at radius 1 is 1.20 bits per heavy atom. The third-order valence-electron chi connectivity index (χ3n) is 2.57. The number of aliphatic hydroxyl groups is 1. The summed E-state index contributed by atoms with van der Waals surface area (Å²) >= 11 is 0. The van der Waals surface area contributed by atoms with Crippen LogP contribution in [0.15, 0.2) is 24.3 Å². The van der Waals surface area contributed by atoms with Crippen molar-refractivity contribution in [3.63, 3.8) is 0 Å². The van der Waals surface area contributed by atoms with Crippen molar-refractivity contribution in [2.75, 3.05) is 6.54 Å². The van der Waals surface area contributed by atoms with Crippen LogP contribution in [0, 0.1) is 12.8 Å². The zero-order chi connectivity index (χ0) is 11.3. The molecule has 0 aliphatic carbocycles. The lowest BCUT2D eigenvalue weighted by molar-refractivity contribution is 0.123. The quantitative estimate of drug-likeness (QED) is 0.775. The van der Waals surface area contributed by atoms with E-state index in [1.165, 1.54) is 11.1 Å². The van der Waals surface area contributed by atoms with Gasteiger partial charge in [-0.2, -0.15) is 0 Å². The average molecular weight is 207 g/mol. The summed E-state index contributed by atoms with van der Waals surface area (Å²) in [6.45, 7) is 7.62. The highest BCUT2D eigenvalue weighted by Gasteiger charge is 2.07. The summed E-state index contributed by atoms with van der Waals surface area (Å²) < 4.78 is 0. The van der Waals surface area contributed by atoms with Gasteiger partial charge in [-0.3, -0.25) is 0 Å². The van der Waals surface area contributed by atoms with Crippen LogP contribution in [-0.4, -0.2) is 17.8 Å². The van der Waals surface area contributed by atoms with Crippen LogP contribution in [-0.2, 0) is 6.54 Å². The van der Waals surface area contributed by atoms with E-state index >= 15 is 0 Å². The van der Waals surface area contributed by atoms with Crippen LogP contribution < -0.4 is 5.32 Å². The molecule has 0 fully saturated rings. The van der Waals surface area contributed by atoms with E-state index in [4.69, 9.17) is 0 Å². The molecule has 0 radical (unpaired) electrons. The summed E-state index contributed by atoms with van der Waals surface area (Å²) in [5, 5.41) is 12.8. The standard InChI is InChI=1S/C13H21NO/c1-10(2)13(15)9-14-8-12-6-4-11(3)5-7-12/h4-7,10,13-15H,8-9H2,1-3H3. The van der Waals surface area contributed by atoms with Crippen LogP contribution in [0.4, 0.5) is 0 Å². The van der Waals surface area contributed by atoms with Gasteiger partial charge in [0.25, 0.3) is 0 Å². The normalized spacial score (nSPS) is 13.1. The van der Waals surface area contributed by atoms with Gasteiger partial charge in [-0.05, 0) is 18.4 Å². The molecule has 0 saturated heterocycles. The lowest BCUT2D eigenvalue weighted by Crippen LogP contribution is -2.30. The Morgan fingerprint density at radius 2 is 1.80 bits per heavy atom. The largest absolute Gasteiger partial charge is 0.392 e. The summed E-state index contributed by atoms with van der Waals surface area (Å²) in [6, 6.07) is 8.44. The number of benzene rings is 1. The van der Waals surface area contributed by atoms with Crippen molar-refractivity contribution < 1.29 is 5.11 Å². The Hall–Kier alpha value is -0.860. The molecule has 0 spiro atoms. The third-order valence-corrected chi connectivity index (χ3v) is 2.57. The molecule has 0 aromatic heterocycles. The van der Waals surface area contributed by atoms with Crippen LogP contribution in [0.5, 0.6) is 0 Å². The van der Waals surface area contributed by atoms with Crippen LogP contribution in [0.25, 0.3) is 0 Å². The molecule has 0 heterocycles. The minimum absolute atomic E-state index is 0.254. The summed E-state index contributed by atoms with van der Waals surface area (Å²) in [5.41, 5.74) is 2.54. The highest BCUT2D eigenvalue weighted by atomic mass is 16.3. The van der Waals surface area contributed by atoms with Crippen molar-refractivity contribution in [2.45, 2.75) is 33.4 Å². The van der Waals surface area contributed by atoms with Crippen LogP contribution in [0.3, 0.4) is 0 Å². The van der Waals surface area contributed by atoms with E-state index in [9.17, 15) is 5.11 Å². The van der Waals surface area contributed by atoms with E-state index in [2.05, 4.69) is 36.5 Å². The second-order valence-corrected chi connectivity index (χ2v) is 4.43. The summed E-state index contributed by atoms with van der Waals surface area (Å²) in [7, 11) is 0. The van der Waals surface area contributed by atoms with E-state index in [-0.39, 0.29) is 6.10 Å². The van der Waals surface area contributed by atoms with Crippen LogP contribution in [0.2, 0.25) is 0 Å². The average Bonchev–Trinajstić information content (AvgIpc) is 2.20. The first kappa shape index (κ1) is 12.2. The smallest absolute Gasteiger partial charge is 0.0687 e. The number of nitrogens with one attached hydrogen (secondary N) is 1. The minimum Gasteiger partial charge on any atom is -0.392 e. The Labute approximate surface area is 92.3 Å². The second kappa shape index (κ2) is 5.89. The number of aryl methyl sites for hydroxylation is 1. The maximum absolute atomic E-state index is 9.59. The van der Waals surface area contributed by atoms with Crippen molar-refractivity contribution in [1.29, 1.82) is 0 Å². The first-order chi connectivity index (χ1) is 7.09. The molecule has 84 valence electrons. The van der Waals surface area contributed by atoms with E-state index in [0.717, 1.165) is 6.54 Å². The van der Waals surface area contributed by atoms with E-state index < -0.39 is 0 Å². The van der Waals surface area contributed by atoms with Gasteiger partial charge in [-0.1, -0.05) is 43.7 Å². The van der Waals surface area contributed by atoms with Crippen molar-refractivity contribution in [3.8, 4) is 0 Å². The molecule has 1 aromatic carbocycles. The predicted molar refractivity (Wildman–Crippen MR) is 63.7 cm³/mol. The van der Waals surface area contributed by atoms with Gasteiger partial charge in [-0.25, -0.2) is 0 Å². The zero-order valence-corrected chi connectivity index (χ0v) is 9.83. The molecule has 0 aliphatic rings. The fraction of sp³-hybridized carbons (Fsp3) is 0.538. The van der Waals surface area contributed by atoms with Crippen LogP contribution in [0.1, 0.15) is 25.0 Å². The van der Waals surface area contributed by atoms with Gasteiger partial charge in [0.1, 0.15) is 0 Å². The van der Waals surface area contributed by atoms with Gasteiger partial charge < -0.3 is 10.4 Å². The number of hydrogen-bond donors (Lipinski definition) is 2. The molecular formula is C13H21NO. The monoisotopic (exact) mass is 207 g/mol. The van der Waals surface area contributed by atoms with Gasteiger partial charge in [0, 0.05) is 13.1 Å². The lowest BCUT2D eigenvalue weighted by atomic mass is 10.1. The topological polar surface area (TPSA) is 32.3 Å². The summed E-state index contributed by atoms with van der Waals surface area (Å²) in [4.78, 5) is 0. The maximum Gasteiger partial charge on any atom is 0.0687 e. The molecular weight excluding hydrogens is 186 g/mol. The molecule has 1 aromatic rings. The van der Waals surface area contributed by atoms with Gasteiger partial charge in [0.05, 0.1) is 6.10 Å². The molecule has 0 bridgehead atoms. The molecule has 1 unspecified atom stereocenters. The Kier molecular flexibility index (Phi) is 4.79. The van der Waals surface area contributed by atoms with Crippen molar-refractivity contribution >= 4 is 0 Å². The van der Waals surface area contributed by atoms with Gasteiger partial charge in [0.15, 0.2) is 0 Å². The molecule has 2 heteroatoms. The van der Waals surface area contributed by atoms with Crippen molar-refractivity contribution in [3.05, 3.63) is 35.4 Å². The molecule has 2 nitrogen and oxygen atoms in total. The second-order valence-electron chi connectivity index (χ2n) is 4.43. The number of hydrogen-bond acceptors (Lipinski definition) is 2. The molecule has 15 heavy (non-hydrogen) atoms. The van der Waals surface area contributed by atoms with E-state index in [1.54, 1.807) is 0 Å². The van der Waals surface area contributed by atoms with Crippen molar-refractivity contribution in [1.82, 2.24) is 5.32 Å². The highest BCUT2D eigenvalue weighted by molar-refractivity contribution is 5.21. The fourth-order valence-electron chi connectivity index (χ4n) is 1.31. The Balaban J connectivity index is 2.29. The number of aliphatic hydroxyl groups excluding tert-OH is 1. The summed E-state index contributed by atoms with van der Waals surface area (Å²) in [5.74, 6) is 0.315. The molecule has 1 atom stereocenters. The molecule has 0 amide bonds. The first-order valence-corrected chi connectivity index (χ1v) is 5.54. The third kappa shape index (κ3) is 4.45. The van der Waals surface area contributed by atoms with E-state index in [1.807, 2.05) is 13.8 Å². The van der Waals surface area contributed by atoms with Crippen molar-refractivity contribution in [2.24, 2.45) is 5.92 Å². The number of rotatable bonds is 5. The van der Waals surface area contributed by atoms with Gasteiger partial charge >= 0.3 is 0 Å². The zero-order valence-electron chi connectivity index (χ0n) is 9.83. The Bertz CT molecular complexity index is 279. The highest BCUT2D eigenvalue weighted by Crippen LogP contribution is 2.03. The maximum atomic E-state index is 9.59. The molecule has 1 rings (SSSR count). The van der Waals surface area contributed by atoms with E-state index in [0.29, 0.717) is 12.5 Å². The first-order valence-electron chi connectivity index (χ1n) is 5.54. The minimum atomic E-state index is -0.254. The van der Waals surface area contributed by atoms with Gasteiger partial charge in [-0.15, -0.1) is 0 Å². The summed E-state index contributed by atoms with van der Waals surface area (Å²) in [6.07, 6.45) is -0.254. The predicted octanol–water partition coefficient (Wildman–Crippen LogP) is 2.10. The SMILES string of the molecule is Cc1ccc(CNCC(O)C(C)C)cc1. The van der Waals surface area contributed by atoms with Gasteiger partial charge in [0.2, 0.25) is 0 Å². The molecule has 2 N–H and O–H groups in total. The lowest BCUT2D eigenvalue weighted by Gasteiger charge is -2.15. The molecule has 0 saturated carbocycles. The molecule has 0 aliphatic heterocycles. The Morgan fingerprint density at radius 3 is 2.33 bits per heavy atom.